The third-order valence-corrected chi connectivity index (χ3v) is 6.65. The highest BCUT2D eigenvalue weighted by molar-refractivity contribution is 7.95. The van der Waals surface area contributed by atoms with Crippen molar-refractivity contribution in [2.45, 2.75) is 32.1 Å². The summed E-state index contributed by atoms with van der Waals surface area (Å²) in [6.45, 7) is 5.15. The van der Waals surface area contributed by atoms with Crippen molar-refractivity contribution in [3.05, 3.63) is 33.4 Å². The summed E-state index contributed by atoms with van der Waals surface area (Å²) in [7, 11) is -1.01. The van der Waals surface area contributed by atoms with Gasteiger partial charge in [-0.2, -0.15) is 5.10 Å². The minimum atomic E-state index is -3.98. The van der Waals surface area contributed by atoms with Crippen LogP contribution >= 0.6 is 0 Å². The van der Waals surface area contributed by atoms with Crippen LogP contribution in [-0.2, 0) is 26.5 Å². The Kier molecular flexibility index (Phi) is 4.45. The molecule has 0 unspecified atom stereocenters. The number of hydrogen-bond donors (Lipinski definition) is 1. The van der Waals surface area contributed by atoms with Crippen molar-refractivity contribution >= 4 is 21.5 Å². The molecule has 0 radical (unpaired) electrons. The van der Waals surface area contributed by atoms with Crippen LogP contribution in [0.2, 0.25) is 0 Å². The molecule has 2 aromatic rings. The Labute approximate surface area is 156 Å². The maximum atomic E-state index is 12.9. The van der Waals surface area contributed by atoms with Crippen LogP contribution in [0, 0.1) is 20.8 Å². The number of oxime groups is 1. The molecule has 27 heavy (non-hydrogen) atoms. The number of fused-ring (bicyclic) bond motifs is 1. The van der Waals surface area contributed by atoms with Gasteiger partial charge in [0.25, 0.3) is 0 Å². The fourth-order valence-corrected chi connectivity index (χ4v) is 5.25. The van der Waals surface area contributed by atoms with Crippen molar-refractivity contribution in [2.24, 2.45) is 12.2 Å². The van der Waals surface area contributed by atoms with Gasteiger partial charge in [0.15, 0.2) is 0 Å². The van der Waals surface area contributed by atoms with Crippen molar-refractivity contribution < 1.29 is 23.2 Å². The van der Waals surface area contributed by atoms with Gasteiger partial charge in [0.05, 0.1) is 21.9 Å². The van der Waals surface area contributed by atoms with Crippen molar-refractivity contribution in [3.8, 4) is 17.0 Å². The topological polar surface area (TPSA) is 111 Å². The van der Waals surface area contributed by atoms with E-state index in [1.165, 1.54) is 17.7 Å². The van der Waals surface area contributed by atoms with E-state index in [0.717, 1.165) is 0 Å². The Morgan fingerprint density at radius 2 is 1.96 bits per heavy atom. The molecule has 1 aliphatic heterocycles. The van der Waals surface area contributed by atoms with Crippen LogP contribution < -0.4 is 0 Å². The number of nitrogens with zero attached hydrogens (tertiary/aromatic N) is 3. The molecule has 0 aliphatic carbocycles. The molecule has 0 saturated heterocycles. The van der Waals surface area contributed by atoms with E-state index >= 15 is 0 Å². The van der Waals surface area contributed by atoms with Crippen LogP contribution in [0.3, 0.4) is 0 Å². The maximum absolute atomic E-state index is 12.9. The Hall–Kier alpha value is -2.90. The summed E-state index contributed by atoms with van der Waals surface area (Å²) < 4.78 is 27.1. The molecule has 142 valence electrons. The molecule has 1 aromatic carbocycles. The first-order valence-corrected chi connectivity index (χ1v) is 9.60. The van der Waals surface area contributed by atoms with Crippen LogP contribution in [0.25, 0.3) is 11.1 Å². The molecule has 1 N–H and O–H groups in total. The Morgan fingerprint density at radius 3 is 2.48 bits per heavy atom. The number of benzene rings is 1. The summed E-state index contributed by atoms with van der Waals surface area (Å²) in [6, 6.07) is 1.67. The van der Waals surface area contributed by atoms with Gasteiger partial charge in [0.1, 0.15) is 18.0 Å². The summed E-state index contributed by atoms with van der Waals surface area (Å²) in [5.41, 5.74) is 3.52. The molecule has 0 atom stereocenters. The maximum Gasteiger partial charge on any atom is 0.217 e. The highest BCUT2D eigenvalue weighted by Crippen LogP contribution is 2.42. The van der Waals surface area contributed by atoms with Gasteiger partial charge in [-0.1, -0.05) is 5.16 Å². The van der Waals surface area contributed by atoms with E-state index in [4.69, 9.17) is 4.84 Å². The lowest BCUT2D eigenvalue weighted by Crippen LogP contribution is -2.24. The first kappa shape index (κ1) is 18.9. The minimum Gasteiger partial charge on any atom is -0.493 e. The molecule has 8 nitrogen and oxygen atoms in total. The molecule has 2 heterocycles. The summed E-state index contributed by atoms with van der Waals surface area (Å²) >= 11 is 0. The number of carbonyl (C=O) groups excluding carboxylic acids is 1. The van der Waals surface area contributed by atoms with Crippen LogP contribution in [0.1, 0.15) is 28.8 Å². The highest BCUT2D eigenvalue weighted by Gasteiger charge is 2.38. The van der Waals surface area contributed by atoms with E-state index in [9.17, 15) is 18.3 Å². The molecule has 3 rings (SSSR count). The summed E-state index contributed by atoms with van der Waals surface area (Å²) in [6.07, 6.45) is -0.200. The molecule has 1 aromatic heterocycles. The summed E-state index contributed by atoms with van der Waals surface area (Å²) in [5.74, 6) is 1.51. The molecule has 9 heteroatoms. The van der Waals surface area contributed by atoms with E-state index in [1.807, 2.05) is 0 Å². The first-order chi connectivity index (χ1) is 12.6. The highest BCUT2D eigenvalue weighted by atomic mass is 32.2. The zero-order valence-corrected chi connectivity index (χ0v) is 16.4. The second-order valence-corrected chi connectivity index (χ2v) is 8.31. The van der Waals surface area contributed by atoms with Crippen molar-refractivity contribution in [1.29, 1.82) is 0 Å². The van der Waals surface area contributed by atoms with E-state index in [0.29, 0.717) is 39.2 Å². The van der Waals surface area contributed by atoms with E-state index < -0.39 is 9.84 Å². The Morgan fingerprint density at radius 1 is 1.30 bits per heavy atom. The second kappa shape index (κ2) is 6.37. The predicted octanol–water partition coefficient (Wildman–Crippen LogP) is 1.96. The number of aromatic hydroxyl groups is 1. The largest absolute Gasteiger partial charge is 0.493 e. The van der Waals surface area contributed by atoms with Gasteiger partial charge in [-0.25, -0.2) is 17.9 Å². The fourth-order valence-electron chi connectivity index (χ4n) is 3.54. The van der Waals surface area contributed by atoms with Crippen molar-refractivity contribution in [1.82, 2.24) is 9.78 Å². The molecular formula is C18H19N3O5S. The molecular weight excluding hydrogens is 370 g/mol. The number of aromatic nitrogens is 2. The molecule has 0 amide bonds. The number of sulfone groups is 1. The molecule has 0 bridgehead atoms. The Balaban J connectivity index is 2.48. The average Bonchev–Trinajstić information content (AvgIpc) is 2.84. The van der Waals surface area contributed by atoms with Gasteiger partial charge in [0, 0.05) is 19.0 Å². The van der Waals surface area contributed by atoms with Crippen molar-refractivity contribution in [3.63, 3.8) is 0 Å². The number of aryl methyl sites for hydroxylation is 3. The van der Waals surface area contributed by atoms with Gasteiger partial charge < -0.3 is 9.94 Å². The third-order valence-electron chi connectivity index (χ3n) is 4.71. The zero-order valence-electron chi connectivity index (χ0n) is 15.6. The normalized spacial score (nSPS) is 16.9. The molecule has 1 aliphatic rings. The van der Waals surface area contributed by atoms with Gasteiger partial charge in [-0.3, -0.25) is 0 Å². The van der Waals surface area contributed by atoms with E-state index in [2.05, 4.69) is 10.3 Å². The number of rotatable bonds is 2. The van der Waals surface area contributed by atoms with Gasteiger partial charge in [-0.15, -0.1) is 0 Å². The lowest BCUT2D eigenvalue weighted by Gasteiger charge is -2.24. The van der Waals surface area contributed by atoms with Gasteiger partial charge in [0.2, 0.25) is 15.7 Å². The number of allylic oxidation sites excluding steroid dienone is 1. The Bertz CT molecular complexity index is 1150. The van der Waals surface area contributed by atoms with Crippen LogP contribution in [0.4, 0.5) is 0 Å². The fraction of sp³-hybridized carbons (Fsp3) is 0.333. The summed E-state index contributed by atoms with van der Waals surface area (Å²) in [5, 5.41) is 18.6. The smallest absolute Gasteiger partial charge is 0.217 e. The standard InChI is InChI=1S/C18H19N3O5S/c1-9-6-13(16-11(3)19-21(4)18(16)23)10(2)15-14(20-26-5)7-12(8-22)27(24,25)17(9)15/h6,23H,7H2,1-5H3. The lowest BCUT2D eigenvalue weighted by molar-refractivity contribution is 0.213. The third kappa shape index (κ3) is 2.67. The van der Waals surface area contributed by atoms with Gasteiger partial charge in [-0.05, 0) is 43.5 Å². The lowest BCUT2D eigenvalue weighted by atomic mass is 9.90. The second-order valence-electron chi connectivity index (χ2n) is 6.40. The SMILES string of the molecule is CON=C1CC(=C=O)S(=O)(=O)c2c(C)cc(-c3c(C)nn(C)c3O)c(C)c21. The van der Waals surface area contributed by atoms with Crippen LogP contribution in [-0.4, -0.2) is 42.1 Å². The monoisotopic (exact) mass is 389 g/mol. The van der Waals surface area contributed by atoms with Gasteiger partial charge >= 0.3 is 0 Å². The van der Waals surface area contributed by atoms with E-state index in [1.54, 1.807) is 33.9 Å². The molecule has 0 saturated carbocycles. The quantitative estimate of drug-likeness (QED) is 0.621. The van der Waals surface area contributed by atoms with E-state index in [-0.39, 0.29) is 22.1 Å². The number of hydrogen-bond acceptors (Lipinski definition) is 7. The average molecular weight is 389 g/mol. The predicted molar refractivity (Wildman–Crippen MR) is 99.1 cm³/mol. The molecule has 0 fully saturated rings. The minimum absolute atomic E-state index is 0.0187. The van der Waals surface area contributed by atoms with Crippen molar-refractivity contribution in [2.75, 3.05) is 7.11 Å². The van der Waals surface area contributed by atoms with Crippen LogP contribution in [0.5, 0.6) is 5.88 Å². The summed E-state index contributed by atoms with van der Waals surface area (Å²) in [4.78, 5) is 15.8. The zero-order chi connectivity index (χ0) is 20.1. The first-order valence-electron chi connectivity index (χ1n) is 8.11. The molecule has 0 spiro atoms. The van der Waals surface area contributed by atoms with Crippen LogP contribution in [0.15, 0.2) is 21.0 Å².